The minimum absolute atomic E-state index is 0.903. The van der Waals surface area contributed by atoms with E-state index in [0.29, 0.717) is 0 Å². The molecule has 3 aliphatic heterocycles. The minimum Gasteiger partial charge on any atom is -0.303 e. The second kappa shape index (κ2) is 3.97. The van der Waals surface area contributed by atoms with E-state index in [2.05, 4.69) is 23.8 Å². The van der Waals surface area contributed by atoms with Gasteiger partial charge in [-0.1, -0.05) is 19.8 Å². The van der Waals surface area contributed by atoms with Crippen molar-refractivity contribution in [3.05, 3.63) is 0 Å². The number of hydrogen-bond acceptors (Lipinski definition) is 2. The molecular formula is C11H22N2. The highest BCUT2D eigenvalue weighted by Crippen LogP contribution is 2.31. The van der Waals surface area contributed by atoms with E-state index in [1.807, 2.05) is 0 Å². The van der Waals surface area contributed by atoms with Crippen molar-refractivity contribution in [3.63, 3.8) is 0 Å². The summed E-state index contributed by atoms with van der Waals surface area (Å²) in [6, 6.07) is 1.81. The average molecular weight is 182 g/mol. The van der Waals surface area contributed by atoms with E-state index in [0.717, 1.165) is 12.1 Å². The van der Waals surface area contributed by atoms with Gasteiger partial charge in [-0.2, -0.15) is 0 Å². The first-order valence-electron chi connectivity index (χ1n) is 5.75. The molecule has 0 N–H and O–H groups in total. The van der Waals surface area contributed by atoms with E-state index in [4.69, 9.17) is 0 Å². The van der Waals surface area contributed by atoms with E-state index < -0.39 is 0 Å². The van der Waals surface area contributed by atoms with Crippen LogP contribution in [0.1, 0.15) is 32.6 Å². The summed E-state index contributed by atoms with van der Waals surface area (Å²) in [5, 5.41) is 0. The molecule has 0 aromatic carbocycles. The molecule has 0 radical (unpaired) electrons. The fourth-order valence-electron chi connectivity index (χ4n) is 2.81. The number of piperazine rings is 1. The molecule has 2 atom stereocenters. The first-order chi connectivity index (χ1) is 6.31. The number of unbranched alkanes of at least 4 members (excludes halogenated alkanes) is 2. The SMILES string of the molecule is CCCCCN1C2CC1CN(C)C2. The summed E-state index contributed by atoms with van der Waals surface area (Å²) in [5.41, 5.74) is 0. The fourth-order valence-corrected chi connectivity index (χ4v) is 2.81. The van der Waals surface area contributed by atoms with E-state index in [-0.39, 0.29) is 0 Å². The number of likely N-dealkylation sites (N-methyl/N-ethyl adjacent to an activating group) is 1. The maximum atomic E-state index is 2.73. The molecular weight excluding hydrogens is 160 g/mol. The topological polar surface area (TPSA) is 6.48 Å². The van der Waals surface area contributed by atoms with Gasteiger partial charge in [0.05, 0.1) is 0 Å². The van der Waals surface area contributed by atoms with Gasteiger partial charge in [-0.15, -0.1) is 0 Å². The van der Waals surface area contributed by atoms with Crippen molar-refractivity contribution in [1.29, 1.82) is 0 Å². The summed E-state index contributed by atoms with van der Waals surface area (Å²) in [7, 11) is 2.25. The average Bonchev–Trinajstić information content (AvgIpc) is 2.12. The number of nitrogens with zero attached hydrogens (tertiary/aromatic N) is 2. The lowest BCUT2D eigenvalue weighted by molar-refractivity contribution is -0.0611. The monoisotopic (exact) mass is 182 g/mol. The first kappa shape index (κ1) is 9.47. The van der Waals surface area contributed by atoms with Crippen LogP contribution in [0.15, 0.2) is 0 Å². The van der Waals surface area contributed by atoms with E-state index in [1.165, 1.54) is 45.3 Å². The molecule has 0 saturated carbocycles. The molecule has 2 heteroatoms. The van der Waals surface area contributed by atoms with Crippen LogP contribution in [-0.4, -0.2) is 48.6 Å². The van der Waals surface area contributed by atoms with Gasteiger partial charge in [0.1, 0.15) is 0 Å². The number of hydrogen-bond donors (Lipinski definition) is 0. The highest BCUT2D eigenvalue weighted by molar-refractivity contribution is 4.99. The zero-order chi connectivity index (χ0) is 9.26. The predicted molar refractivity (Wildman–Crippen MR) is 55.9 cm³/mol. The van der Waals surface area contributed by atoms with E-state index in [9.17, 15) is 0 Å². The lowest BCUT2D eigenvalue weighted by Gasteiger charge is -2.56. The van der Waals surface area contributed by atoms with Crippen molar-refractivity contribution >= 4 is 0 Å². The summed E-state index contributed by atoms with van der Waals surface area (Å²) in [6.07, 6.45) is 5.64. The molecule has 3 aliphatic rings. The van der Waals surface area contributed by atoms with Crippen molar-refractivity contribution in [3.8, 4) is 0 Å². The van der Waals surface area contributed by atoms with Gasteiger partial charge in [0, 0.05) is 25.2 Å². The van der Waals surface area contributed by atoms with Crippen LogP contribution in [0.3, 0.4) is 0 Å². The third kappa shape index (κ3) is 1.89. The molecule has 0 aromatic heterocycles. The Hall–Kier alpha value is -0.0800. The van der Waals surface area contributed by atoms with Crippen LogP contribution in [-0.2, 0) is 0 Å². The van der Waals surface area contributed by atoms with Crippen molar-refractivity contribution in [2.24, 2.45) is 0 Å². The van der Waals surface area contributed by atoms with Gasteiger partial charge in [-0.25, -0.2) is 0 Å². The van der Waals surface area contributed by atoms with Crippen molar-refractivity contribution in [2.75, 3.05) is 26.7 Å². The third-order valence-corrected chi connectivity index (χ3v) is 3.55. The molecule has 0 aromatic rings. The highest BCUT2D eigenvalue weighted by Gasteiger charge is 2.42. The van der Waals surface area contributed by atoms with Crippen LogP contribution in [0.25, 0.3) is 0 Å². The van der Waals surface area contributed by atoms with Crippen LogP contribution in [0.2, 0.25) is 0 Å². The van der Waals surface area contributed by atoms with Gasteiger partial charge in [-0.05, 0) is 26.4 Å². The standard InChI is InChI=1S/C11H22N2/c1-3-4-5-6-13-10-7-11(13)9-12(2)8-10/h10-11H,3-9H2,1-2H3. The molecule has 2 nitrogen and oxygen atoms in total. The predicted octanol–water partition coefficient (Wildman–Crippen LogP) is 1.56. The Morgan fingerprint density at radius 2 is 1.85 bits per heavy atom. The van der Waals surface area contributed by atoms with Crippen molar-refractivity contribution in [1.82, 2.24) is 9.80 Å². The summed E-state index contributed by atoms with van der Waals surface area (Å²) in [5.74, 6) is 0. The zero-order valence-electron chi connectivity index (χ0n) is 9.00. The smallest absolute Gasteiger partial charge is 0.0241 e. The number of rotatable bonds is 4. The second-order valence-electron chi connectivity index (χ2n) is 4.71. The summed E-state index contributed by atoms with van der Waals surface area (Å²) >= 11 is 0. The van der Waals surface area contributed by atoms with Crippen LogP contribution >= 0.6 is 0 Å². The molecule has 3 heterocycles. The van der Waals surface area contributed by atoms with Gasteiger partial charge in [0.2, 0.25) is 0 Å². The Morgan fingerprint density at radius 1 is 1.15 bits per heavy atom. The normalized spacial score (nSPS) is 34.6. The Balaban J connectivity index is 1.71. The van der Waals surface area contributed by atoms with Gasteiger partial charge < -0.3 is 4.90 Å². The first-order valence-corrected chi connectivity index (χ1v) is 5.75. The van der Waals surface area contributed by atoms with Gasteiger partial charge in [0.15, 0.2) is 0 Å². The largest absolute Gasteiger partial charge is 0.303 e. The fraction of sp³-hybridized carbons (Fsp3) is 1.00. The second-order valence-corrected chi connectivity index (χ2v) is 4.71. The molecule has 2 unspecified atom stereocenters. The molecule has 3 saturated heterocycles. The summed E-state index contributed by atoms with van der Waals surface area (Å²) in [4.78, 5) is 5.21. The van der Waals surface area contributed by atoms with Crippen LogP contribution in [0.4, 0.5) is 0 Å². The molecule has 3 fully saturated rings. The summed E-state index contributed by atoms with van der Waals surface area (Å²) in [6.45, 7) is 6.26. The molecule has 0 aliphatic carbocycles. The van der Waals surface area contributed by atoms with Crippen LogP contribution < -0.4 is 0 Å². The molecule has 0 amide bonds. The van der Waals surface area contributed by atoms with Gasteiger partial charge in [0.25, 0.3) is 0 Å². The zero-order valence-corrected chi connectivity index (χ0v) is 9.00. The number of piperidine rings is 1. The highest BCUT2D eigenvalue weighted by atomic mass is 15.3. The molecule has 2 bridgehead atoms. The maximum Gasteiger partial charge on any atom is 0.0241 e. The summed E-state index contributed by atoms with van der Waals surface area (Å²) < 4.78 is 0. The Kier molecular flexibility index (Phi) is 2.89. The molecule has 13 heavy (non-hydrogen) atoms. The van der Waals surface area contributed by atoms with Gasteiger partial charge in [-0.3, -0.25) is 4.90 Å². The lowest BCUT2D eigenvalue weighted by atomic mass is 9.87. The Morgan fingerprint density at radius 3 is 2.46 bits per heavy atom. The molecule has 0 spiro atoms. The lowest BCUT2D eigenvalue weighted by Crippen LogP contribution is -2.67. The quantitative estimate of drug-likeness (QED) is 0.609. The minimum atomic E-state index is 0.903. The molecule has 76 valence electrons. The van der Waals surface area contributed by atoms with Crippen molar-refractivity contribution in [2.45, 2.75) is 44.7 Å². The Labute approximate surface area is 81.9 Å². The van der Waals surface area contributed by atoms with Crippen molar-refractivity contribution < 1.29 is 0 Å². The Bertz CT molecular complexity index is 157. The van der Waals surface area contributed by atoms with Crippen LogP contribution in [0.5, 0.6) is 0 Å². The van der Waals surface area contributed by atoms with Gasteiger partial charge >= 0.3 is 0 Å². The van der Waals surface area contributed by atoms with Crippen LogP contribution in [0, 0.1) is 0 Å². The van der Waals surface area contributed by atoms with E-state index in [1.54, 1.807) is 0 Å². The number of fused-ring (bicyclic) bond motifs is 2. The molecule has 3 rings (SSSR count). The third-order valence-electron chi connectivity index (χ3n) is 3.55. The van der Waals surface area contributed by atoms with E-state index >= 15 is 0 Å². The maximum absolute atomic E-state index is 2.73.